The van der Waals surface area contributed by atoms with Crippen molar-refractivity contribution < 1.29 is 0 Å². The van der Waals surface area contributed by atoms with Crippen molar-refractivity contribution in [1.82, 2.24) is 10.2 Å². The molecule has 1 saturated heterocycles. The number of hydrogen-bond donors (Lipinski definition) is 1. The van der Waals surface area contributed by atoms with Gasteiger partial charge in [0.25, 0.3) is 0 Å². The van der Waals surface area contributed by atoms with Gasteiger partial charge in [-0.3, -0.25) is 4.90 Å². The summed E-state index contributed by atoms with van der Waals surface area (Å²) in [7, 11) is 2.26. The Kier molecular flexibility index (Phi) is 3.74. The molecule has 1 N–H and O–H groups in total. The maximum Gasteiger partial charge on any atom is 0.0305 e. The minimum atomic E-state index is 0.366. The van der Waals surface area contributed by atoms with Crippen LogP contribution >= 0.6 is 0 Å². The van der Waals surface area contributed by atoms with Crippen LogP contribution in [0.25, 0.3) is 0 Å². The average Bonchev–Trinajstić information content (AvgIpc) is 2.14. The Hall–Kier alpha value is -0.0800. The lowest BCUT2D eigenvalue weighted by Gasteiger charge is -2.38. The van der Waals surface area contributed by atoms with Gasteiger partial charge in [0.05, 0.1) is 0 Å². The molecule has 0 radical (unpaired) electrons. The van der Waals surface area contributed by atoms with Gasteiger partial charge in [-0.05, 0) is 45.8 Å². The first-order chi connectivity index (χ1) is 6.04. The molecule has 2 nitrogen and oxygen atoms in total. The molecule has 1 fully saturated rings. The molecule has 0 saturated carbocycles. The van der Waals surface area contributed by atoms with Crippen molar-refractivity contribution in [3.05, 3.63) is 0 Å². The highest BCUT2D eigenvalue weighted by Gasteiger charge is 2.30. The number of likely N-dealkylation sites (N-methyl/N-ethyl adjacent to an activating group) is 1. The molecule has 1 atom stereocenters. The third kappa shape index (κ3) is 2.96. The van der Waals surface area contributed by atoms with Gasteiger partial charge in [0.1, 0.15) is 0 Å². The molecule has 0 bridgehead atoms. The largest absolute Gasteiger partial charge is 0.315 e. The molecule has 1 heterocycles. The predicted octanol–water partition coefficient (Wildman–Crippen LogP) is 1.72. The fourth-order valence-corrected chi connectivity index (χ4v) is 2.31. The molecule has 0 aromatic rings. The van der Waals surface area contributed by atoms with Gasteiger partial charge >= 0.3 is 0 Å². The van der Waals surface area contributed by atoms with Crippen LogP contribution in [0.3, 0.4) is 0 Å². The minimum absolute atomic E-state index is 0.366. The number of hydrogen-bond acceptors (Lipinski definition) is 2. The molecule has 0 amide bonds. The molecule has 13 heavy (non-hydrogen) atoms. The maximum atomic E-state index is 3.53. The Morgan fingerprint density at radius 1 is 1.46 bits per heavy atom. The Morgan fingerprint density at radius 2 is 2.15 bits per heavy atom. The smallest absolute Gasteiger partial charge is 0.0305 e. The van der Waals surface area contributed by atoms with Gasteiger partial charge in [-0.25, -0.2) is 0 Å². The summed E-state index contributed by atoms with van der Waals surface area (Å²) in [4.78, 5) is 2.52. The van der Waals surface area contributed by atoms with Crippen molar-refractivity contribution >= 4 is 0 Å². The van der Waals surface area contributed by atoms with Crippen LogP contribution in [0.1, 0.15) is 33.6 Å². The quantitative estimate of drug-likeness (QED) is 0.703. The van der Waals surface area contributed by atoms with Crippen molar-refractivity contribution in [2.75, 3.05) is 26.7 Å². The minimum Gasteiger partial charge on any atom is -0.315 e. The molecule has 0 aromatic heterocycles. The highest BCUT2D eigenvalue weighted by Crippen LogP contribution is 2.23. The SMILES string of the molecule is CC(C)CC1(C)CNCCCN1C. The lowest BCUT2D eigenvalue weighted by Crippen LogP contribution is -2.49. The third-order valence-corrected chi connectivity index (χ3v) is 3.12. The van der Waals surface area contributed by atoms with Crippen molar-refractivity contribution in [2.24, 2.45) is 5.92 Å². The van der Waals surface area contributed by atoms with Crippen LogP contribution in [0.4, 0.5) is 0 Å². The van der Waals surface area contributed by atoms with E-state index in [0.29, 0.717) is 5.54 Å². The van der Waals surface area contributed by atoms with E-state index in [4.69, 9.17) is 0 Å². The van der Waals surface area contributed by atoms with Crippen molar-refractivity contribution in [3.63, 3.8) is 0 Å². The molecule has 0 aromatic carbocycles. The second-order valence-corrected chi connectivity index (χ2v) is 5.05. The fraction of sp³-hybridized carbons (Fsp3) is 1.00. The summed E-state index contributed by atoms with van der Waals surface area (Å²) in [5, 5.41) is 3.53. The topological polar surface area (TPSA) is 15.3 Å². The van der Waals surface area contributed by atoms with Gasteiger partial charge in [0.2, 0.25) is 0 Å². The van der Waals surface area contributed by atoms with E-state index >= 15 is 0 Å². The van der Waals surface area contributed by atoms with Crippen molar-refractivity contribution in [3.8, 4) is 0 Å². The van der Waals surface area contributed by atoms with E-state index in [0.717, 1.165) is 12.5 Å². The summed E-state index contributed by atoms with van der Waals surface area (Å²) >= 11 is 0. The highest BCUT2D eigenvalue weighted by molar-refractivity contribution is 4.89. The Balaban J connectivity index is 2.59. The van der Waals surface area contributed by atoms with Crippen LogP contribution < -0.4 is 5.32 Å². The molecule has 1 rings (SSSR count). The summed E-state index contributed by atoms with van der Waals surface area (Å²) in [6, 6.07) is 0. The zero-order chi connectivity index (χ0) is 9.90. The van der Waals surface area contributed by atoms with Gasteiger partial charge in [-0.1, -0.05) is 13.8 Å². The first-order valence-electron chi connectivity index (χ1n) is 5.46. The fourth-order valence-electron chi connectivity index (χ4n) is 2.31. The molecule has 1 aliphatic rings. The normalized spacial score (nSPS) is 32.1. The van der Waals surface area contributed by atoms with Crippen LogP contribution in [-0.2, 0) is 0 Å². The summed E-state index contributed by atoms with van der Waals surface area (Å²) in [6.45, 7) is 10.6. The van der Waals surface area contributed by atoms with Crippen LogP contribution in [0.15, 0.2) is 0 Å². The molecular weight excluding hydrogens is 160 g/mol. The summed E-state index contributed by atoms with van der Waals surface area (Å²) in [5.41, 5.74) is 0.366. The van der Waals surface area contributed by atoms with Gasteiger partial charge in [0, 0.05) is 12.1 Å². The Morgan fingerprint density at radius 3 is 2.77 bits per heavy atom. The predicted molar refractivity (Wildman–Crippen MR) is 58.0 cm³/mol. The molecule has 1 aliphatic heterocycles. The van der Waals surface area contributed by atoms with Crippen molar-refractivity contribution in [2.45, 2.75) is 39.2 Å². The van der Waals surface area contributed by atoms with Crippen LogP contribution in [-0.4, -0.2) is 37.1 Å². The van der Waals surface area contributed by atoms with E-state index in [9.17, 15) is 0 Å². The number of nitrogens with one attached hydrogen (secondary N) is 1. The zero-order valence-corrected chi connectivity index (χ0v) is 9.56. The van der Waals surface area contributed by atoms with E-state index in [1.54, 1.807) is 0 Å². The van der Waals surface area contributed by atoms with E-state index in [2.05, 4.69) is 38.0 Å². The molecular formula is C11H24N2. The monoisotopic (exact) mass is 184 g/mol. The first kappa shape index (κ1) is 11.0. The second-order valence-electron chi connectivity index (χ2n) is 5.05. The second kappa shape index (κ2) is 4.43. The molecule has 1 unspecified atom stereocenters. The molecule has 2 heteroatoms. The van der Waals surface area contributed by atoms with E-state index in [1.165, 1.54) is 25.9 Å². The molecule has 0 spiro atoms. The third-order valence-electron chi connectivity index (χ3n) is 3.12. The van der Waals surface area contributed by atoms with Crippen LogP contribution in [0, 0.1) is 5.92 Å². The van der Waals surface area contributed by atoms with Gasteiger partial charge in [-0.2, -0.15) is 0 Å². The van der Waals surface area contributed by atoms with Gasteiger partial charge in [-0.15, -0.1) is 0 Å². The summed E-state index contributed by atoms with van der Waals surface area (Å²) in [6.07, 6.45) is 2.57. The lowest BCUT2D eigenvalue weighted by atomic mass is 9.89. The lowest BCUT2D eigenvalue weighted by molar-refractivity contribution is 0.124. The standard InChI is InChI=1S/C11H24N2/c1-10(2)8-11(3)9-12-6-5-7-13(11)4/h10,12H,5-9H2,1-4H3. The Bertz CT molecular complexity index is 156. The van der Waals surface area contributed by atoms with E-state index in [1.807, 2.05) is 0 Å². The highest BCUT2D eigenvalue weighted by atomic mass is 15.2. The summed E-state index contributed by atoms with van der Waals surface area (Å²) in [5.74, 6) is 0.785. The van der Waals surface area contributed by atoms with Crippen LogP contribution in [0.2, 0.25) is 0 Å². The zero-order valence-electron chi connectivity index (χ0n) is 9.56. The van der Waals surface area contributed by atoms with Crippen LogP contribution in [0.5, 0.6) is 0 Å². The van der Waals surface area contributed by atoms with Crippen molar-refractivity contribution in [1.29, 1.82) is 0 Å². The van der Waals surface area contributed by atoms with E-state index < -0.39 is 0 Å². The molecule has 0 aliphatic carbocycles. The first-order valence-corrected chi connectivity index (χ1v) is 5.46. The number of rotatable bonds is 2. The molecule has 78 valence electrons. The summed E-state index contributed by atoms with van der Waals surface area (Å²) < 4.78 is 0. The maximum absolute atomic E-state index is 3.53. The van der Waals surface area contributed by atoms with Gasteiger partial charge in [0.15, 0.2) is 0 Å². The van der Waals surface area contributed by atoms with Gasteiger partial charge < -0.3 is 5.32 Å². The Labute approximate surface area is 82.7 Å². The average molecular weight is 184 g/mol. The number of nitrogens with zero attached hydrogens (tertiary/aromatic N) is 1. The van der Waals surface area contributed by atoms with E-state index in [-0.39, 0.29) is 0 Å².